The van der Waals surface area contributed by atoms with Gasteiger partial charge in [-0.2, -0.15) is 0 Å². The van der Waals surface area contributed by atoms with E-state index in [-0.39, 0.29) is 0 Å². The summed E-state index contributed by atoms with van der Waals surface area (Å²) in [7, 11) is 0. The molecule has 0 N–H and O–H groups in total. The summed E-state index contributed by atoms with van der Waals surface area (Å²) in [6, 6.07) is 8.99. The molecule has 1 aromatic carbocycles. The van der Waals surface area contributed by atoms with Gasteiger partial charge in [-0.25, -0.2) is 0 Å². The van der Waals surface area contributed by atoms with Crippen LogP contribution >= 0.6 is 0 Å². The van der Waals surface area contributed by atoms with Gasteiger partial charge in [0.25, 0.3) is 0 Å². The highest BCUT2D eigenvalue weighted by Crippen LogP contribution is 2.18. The molecule has 1 heterocycles. The molecule has 1 amide bonds. The summed E-state index contributed by atoms with van der Waals surface area (Å²) in [6.07, 6.45) is 2.72. The maximum absolute atomic E-state index is 11.6. The van der Waals surface area contributed by atoms with Crippen molar-refractivity contribution in [3.8, 4) is 0 Å². The second-order valence-corrected chi connectivity index (χ2v) is 4.71. The molecule has 0 saturated carbocycles. The molecular formula is C14H19NO. The van der Waals surface area contributed by atoms with Crippen LogP contribution in [0.2, 0.25) is 0 Å². The van der Waals surface area contributed by atoms with E-state index in [4.69, 9.17) is 0 Å². The zero-order valence-corrected chi connectivity index (χ0v) is 10.1. The molecule has 2 nitrogen and oxygen atoms in total. The Kier molecular flexibility index (Phi) is 3.28. The number of aryl methyl sites for hydroxylation is 1. The van der Waals surface area contributed by atoms with E-state index in [1.54, 1.807) is 0 Å². The maximum Gasteiger partial charge on any atom is 0.222 e. The van der Waals surface area contributed by atoms with E-state index in [0.717, 1.165) is 25.8 Å². The third kappa shape index (κ3) is 2.43. The maximum atomic E-state index is 11.6. The summed E-state index contributed by atoms with van der Waals surface area (Å²) in [6.45, 7) is 5.10. The number of rotatable bonds is 3. The normalized spacial score (nSPS) is 20.5. The molecule has 0 bridgehead atoms. The van der Waals surface area contributed by atoms with Gasteiger partial charge in [-0.15, -0.1) is 0 Å². The fourth-order valence-electron chi connectivity index (χ4n) is 2.23. The van der Waals surface area contributed by atoms with Gasteiger partial charge in [-0.1, -0.05) is 29.8 Å². The fraction of sp³-hybridized carbons (Fsp3) is 0.500. The second kappa shape index (κ2) is 4.69. The highest BCUT2D eigenvalue weighted by molar-refractivity contribution is 5.78. The topological polar surface area (TPSA) is 20.3 Å². The quantitative estimate of drug-likeness (QED) is 0.762. The van der Waals surface area contributed by atoms with Crippen LogP contribution in [-0.4, -0.2) is 23.4 Å². The Hall–Kier alpha value is -1.31. The Balaban J connectivity index is 1.92. The van der Waals surface area contributed by atoms with Crippen molar-refractivity contribution in [2.45, 2.75) is 39.2 Å². The number of carbonyl (C=O) groups excluding carboxylic acids is 1. The third-order valence-corrected chi connectivity index (χ3v) is 3.39. The zero-order chi connectivity index (χ0) is 11.5. The molecule has 1 aromatic rings. The Labute approximate surface area is 97.3 Å². The van der Waals surface area contributed by atoms with E-state index < -0.39 is 0 Å². The second-order valence-electron chi connectivity index (χ2n) is 4.71. The molecule has 1 aliphatic rings. The van der Waals surface area contributed by atoms with Crippen molar-refractivity contribution >= 4 is 5.91 Å². The zero-order valence-electron chi connectivity index (χ0n) is 10.1. The molecule has 1 saturated heterocycles. The first-order valence-electron chi connectivity index (χ1n) is 6.02. The highest BCUT2D eigenvalue weighted by Gasteiger charge is 2.26. The van der Waals surface area contributed by atoms with Crippen LogP contribution in [0.15, 0.2) is 24.3 Å². The molecule has 0 radical (unpaired) electrons. The van der Waals surface area contributed by atoms with Crippen LogP contribution in [0.5, 0.6) is 0 Å². The Bertz CT molecular complexity index is 369. The number of benzene rings is 1. The van der Waals surface area contributed by atoms with Gasteiger partial charge in [0.05, 0.1) is 0 Å². The van der Waals surface area contributed by atoms with E-state index in [1.165, 1.54) is 11.1 Å². The number of carbonyl (C=O) groups is 1. The van der Waals surface area contributed by atoms with Crippen LogP contribution in [0.25, 0.3) is 0 Å². The molecule has 16 heavy (non-hydrogen) atoms. The predicted molar refractivity (Wildman–Crippen MR) is 65.3 cm³/mol. The van der Waals surface area contributed by atoms with Gasteiger partial charge in [-0.3, -0.25) is 4.79 Å². The van der Waals surface area contributed by atoms with E-state index in [9.17, 15) is 4.79 Å². The van der Waals surface area contributed by atoms with Gasteiger partial charge in [0.15, 0.2) is 0 Å². The molecular weight excluding hydrogens is 198 g/mol. The van der Waals surface area contributed by atoms with Crippen molar-refractivity contribution in [1.82, 2.24) is 4.90 Å². The van der Waals surface area contributed by atoms with Gasteiger partial charge in [-0.05, 0) is 32.3 Å². The van der Waals surface area contributed by atoms with Gasteiger partial charge < -0.3 is 4.90 Å². The van der Waals surface area contributed by atoms with Crippen molar-refractivity contribution in [2.24, 2.45) is 0 Å². The van der Waals surface area contributed by atoms with Crippen molar-refractivity contribution in [1.29, 1.82) is 0 Å². The summed E-state index contributed by atoms with van der Waals surface area (Å²) in [5.41, 5.74) is 2.60. The summed E-state index contributed by atoms with van der Waals surface area (Å²) in [4.78, 5) is 13.6. The molecule has 0 aromatic heterocycles. The molecule has 0 spiro atoms. The van der Waals surface area contributed by atoms with Crippen molar-refractivity contribution in [3.63, 3.8) is 0 Å². The summed E-state index contributed by atoms with van der Waals surface area (Å²) in [5.74, 6) is 0.319. The molecule has 86 valence electrons. The monoisotopic (exact) mass is 217 g/mol. The van der Waals surface area contributed by atoms with Crippen LogP contribution < -0.4 is 0 Å². The lowest BCUT2D eigenvalue weighted by molar-refractivity contribution is -0.128. The fourth-order valence-corrected chi connectivity index (χ4v) is 2.23. The molecule has 1 fully saturated rings. The van der Waals surface area contributed by atoms with Crippen LogP contribution in [0.4, 0.5) is 0 Å². The first-order valence-corrected chi connectivity index (χ1v) is 6.02. The van der Waals surface area contributed by atoms with Crippen molar-refractivity contribution < 1.29 is 4.79 Å². The molecule has 1 aliphatic heterocycles. The number of nitrogens with zero attached hydrogens (tertiary/aromatic N) is 1. The largest absolute Gasteiger partial charge is 0.340 e. The highest BCUT2D eigenvalue weighted by atomic mass is 16.2. The number of hydrogen-bond acceptors (Lipinski definition) is 1. The lowest BCUT2D eigenvalue weighted by Crippen LogP contribution is -2.32. The molecule has 2 heteroatoms. The van der Waals surface area contributed by atoms with Crippen LogP contribution in [0, 0.1) is 6.92 Å². The predicted octanol–water partition coefficient (Wildman–Crippen LogP) is 2.55. The van der Waals surface area contributed by atoms with E-state index >= 15 is 0 Å². The summed E-state index contributed by atoms with van der Waals surface area (Å²) >= 11 is 0. The van der Waals surface area contributed by atoms with Gasteiger partial charge in [0, 0.05) is 19.0 Å². The molecule has 0 aliphatic carbocycles. The number of amides is 1. The first kappa shape index (κ1) is 11.2. The first-order chi connectivity index (χ1) is 7.66. The lowest BCUT2D eigenvalue weighted by atomic mass is 10.1. The summed E-state index contributed by atoms with van der Waals surface area (Å²) in [5, 5.41) is 0. The van der Waals surface area contributed by atoms with E-state index in [2.05, 4.69) is 38.1 Å². The number of likely N-dealkylation sites (tertiary alicyclic amines) is 1. The van der Waals surface area contributed by atoms with Gasteiger partial charge in [0.1, 0.15) is 0 Å². The standard InChI is InChI=1S/C14H19NO/c1-11-3-6-13(7-4-11)9-10-15-12(2)5-8-14(15)16/h3-4,6-7,12H,5,8-10H2,1-2H3. The molecule has 2 rings (SSSR count). The summed E-state index contributed by atoms with van der Waals surface area (Å²) < 4.78 is 0. The van der Waals surface area contributed by atoms with Crippen molar-refractivity contribution in [2.75, 3.05) is 6.54 Å². The Morgan fingerprint density at radius 1 is 1.31 bits per heavy atom. The molecule has 1 atom stereocenters. The SMILES string of the molecule is Cc1ccc(CCN2C(=O)CCC2C)cc1. The van der Waals surface area contributed by atoms with Crippen LogP contribution in [-0.2, 0) is 11.2 Å². The average molecular weight is 217 g/mol. The van der Waals surface area contributed by atoms with Crippen LogP contribution in [0.1, 0.15) is 30.9 Å². The molecule has 1 unspecified atom stereocenters. The van der Waals surface area contributed by atoms with E-state index in [1.807, 2.05) is 4.90 Å². The lowest BCUT2D eigenvalue weighted by Gasteiger charge is -2.21. The Morgan fingerprint density at radius 2 is 2.00 bits per heavy atom. The van der Waals surface area contributed by atoms with Gasteiger partial charge in [0.2, 0.25) is 5.91 Å². The smallest absolute Gasteiger partial charge is 0.222 e. The van der Waals surface area contributed by atoms with E-state index in [0.29, 0.717) is 11.9 Å². The van der Waals surface area contributed by atoms with Gasteiger partial charge >= 0.3 is 0 Å². The third-order valence-electron chi connectivity index (χ3n) is 3.39. The minimum atomic E-state index is 0.319. The van der Waals surface area contributed by atoms with Crippen LogP contribution in [0.3, 0.4) is 0 Å². The Morgan fingerprint density at radius 3 is 2.56 bits per heavy atom. The number of hydrogen-bond donors (Lipinski definition) is 0. The van der Waals surface area contributed by atoms with Crippen molar-refractivity contribution in [3.05, 3.63) is 35.4 Å². The minimum absolute atomic E-state index is 0.319. The average Bonchev–Trinajstić information content (AvgIpc) is 2.59. The minimum Gasteiger partial charge on any atom is -0.340 e.